The molecule has 2 rings (SSSR count). The third-order valence-corrected chi connectivity index (χ3v) is 2.39. The zero-order valence-electron chi connectivity index (χ0n) is 6.81. The van der Waals surface area contributed by atoms with Crippen LogP contribution in [-0.2, 0) is 4.74 Å². The van der Waals surface area contributed by atoms with Crippen LogP contribution in [-0.4, -0.2) is 19.2 Å². The lowest BCUT2D eigenvalue weighted by atomic mass is 10.0. The van der Waals surface area contributed by atoms with Crippen LogP contribution in [0.5, 0.6) is 0 Å². The molecule has 0 radical (unpaired) electrons. The van der Waals surface area contributed by atoms with Crippen LogP contribution >= 0.6 is 0 Å². The zero-order valence-corrected chi connectivity index (χ0v) is 6.81. The summed E-state index contributed by atoms with van der Waals surface area (Å²) in [5.41, 5.74) is 0. The van der Waals surface area contributed by atoms with E-state index >= 15 is 0 Å². The molecule has 1 N–H and O–H groups in total. The van der Waals surface area contributed by atoms with E-state index in [1.54, 1.807) is 0 Å². The van der Waals surface area contributed by atoms with Gasteiger partial charge in [-0.1, -0.05) is 6.42 Å². The standard InChI is InChI=1S/C9H15NO/c1-2-6-10-8(4-1)9-5-3-7-11-9/h5,8,10H,1-4,6-7H2. The Balaban J connectivity index is 1.92. The molecule has 0 aliphatic carbocycles. The second-order valence-corrected chi connectivity index (χ2v) is 3.25. The first-order chi connectivity index (χ1) is 5.47. The van der Waals surface area contributed by atoms with E-state index in [4.69, 9.17) is 4.74 Å². The van der Waals surface area contributed by atoms with Gasteiger partial charge in [0.15, 0.2) is 0 Å². The average molecular weight is 153 g/mol. The quantitative estimate of drug-likeness (QED) is 0.615. The van der Waals surface area contributed by atoms with Gasteiger partial charge in [-0.3, -0.25) is 0 Å². The van der Waals surface area contributed by atoms with Gasteiger partial charge < -0.3 is 10.1 Å². The fraction of sp³-hybridized carbons (Fsp3) is 0.778. The topological polar surface area (TPSA) is 21.3 Å². The van der Waals surface area contributed by atoms with Crippen LogP contribution in [0.3, 0.4) is 0 Å². The predicted molar refractivity (Wildman–Crippen MR) is 44.3 cm³/mol. The van der Waals surface area contributed by atoms with E-state index in [-0.39, 0.29) is 0 Å². The van der Waals surface area contributed by atoms with E-state index in [1.807, 2.05) is 0 Å². The Hall–Kier alpha value is -0.500. The van der Waals surface area contributed by atoms with Crippen molar-refractivity contribution < 1.29 is 4.74 Å². The lowest BCUT2D eigenvalue weighted by Crippen LogP contribution is -2.35. The molecule has 0 saturated carbocycles. The largest absolute Gasteiger partial charge is 0.496 e. The summed E-state index contributed by atoms with van der Waals surface area (Å²) in [4.78, 5) is 0. The third kappa shape index (κ3) is 1.56. The van der Waals surface area contributed by atoms with Crippen molar-refractivity contribution in [3.05, 3.63) is 11.8 Å². The molecule has 2 aliphatic heterocycles. The average Bonchev–Trinajstić information content (AvgIpc) is 2.58. The summed E-state index contributed by atoms with van der Waals surface area (Å²) in [6.45, 7) is 2.05. The molecule has 0 bridgehead atoms. The van der Waals surface area contributed by atoms with E-state index in [0.717, 1.165) is 19.6 Å². The van der Waals surface area contributed by atoms with Crippen molar-refractivity contribution in [1.82, 2.24) is 5.32 Å². The van der Waals surface area contributed by atoms with E-state index in [0.29, 0.717) is 6.04 Å². The Bertz CT molecular complexity index is 159. The Morgan fingerprint density at radius 1 is 1.45 bits per heavy atom. The normalized spacial score (nSPS) is 31.3. The highest BCUT2D eigenvalue weighted by Crippen LogP contribution is 2.19. The SMILES string of the molecule is C1=C(C2CCCCN2)OCC1. The highest BCUT2D eigenvalue weighted by Gasteiger charge is 2.19. The van der Waals surface area contributed by atoms with E-state index in [2.05, 4.69) is 11.4 Å². The van der Waals surface area contributed by atoms with Crippen LogP contribution in [0.4, 0.5) is 0 Å². The molecule has 11 heavy (non-hydrogen) atoms. The number of nitrogens with one attached hydrogen (secondary N) is 1. The monoisotopic (exact) mass is 153 g/mol. The molecule has 2 heterocycles. The second kappa shape index (κ2) is 3.26. The number of rotatable bonds is 1. The lowest BCUT2D eigenvalue weighted by Gasteiger charge is -2.23. The fourth-order valence-electron chi connectivity index (χ4n) is 1.77. The molecule has 1 atom stereocenters. The van der Waals surface area contributed by atoms with Crippen LogP contribution in [0, 0.1) is 0 Å². The molecule has 0 aromatic rings. The molecule has 0 amide bonds. The number of piperidine rings is 1. The molecule has 2 nitrogen and oxygen atoms in total. The highest BCUT2D eigenvalue weighted by atomic mass is 16.5. The molecule has 2 aliphatic rings. The molecule has 1 saturated heterocycles. The van der Waals surface area contributed by atoms with Gasteiger partial charge in [-0.15, -0.1) is 0 Å². The van der Waals surface area contributed by atoms with Gasteiger partial charge in [-0.25, -0.2) is 0 Å². The first-order valence-electron chi connectivity index (χ1n) is 4.53. The fourth-order valence-corrected chi connectivity index (χ4v) is 1.77. The van der Waals surface area contributed by atoms with Gasteiger partial charge in [0.25, 0.3) is 0 Å². The highest BCUT2D eigenvalue weighted by molar-refractivity contribution is 5.07. The molecule has 62 valence electrons. The Labute approximate surface area is 67.6 Å². The summed E-state index contributed by atoms with van der Waals surface area (Å²) >= 11 is 0. The number of ether oxygens (including phenoxy) is 1. The minimum atomic E-state index is 0.534. The summed E-state index contributed by atoms with van der Waals surface area (Å²) in [6, 6.07) is 0.534. The maximum atomic E-state index is 5.49. The van der Waals surface area contributed by atoms with Gasteiger partial charge in [0.05, 0.1) is 12.6 Å². The van der Waals surface area contributed by atoms with Crippen molar-refractivity contribution in [2.75, 3.05) is 13.2 Å². The minimum Gasteiger partial charge on any atom is -0.496 e. The molecule has 1 fully saturated rings. The summed E-state index contributed by atoms with van der Waals surface area (Å²) in [6.07, 6.45) is 7.25. The van der Waals surface area contributed by atoms with Crippen molar-refractivity contribution in [2.24, 2.45) is 0 Å². The summed E-state index contributed by atoms with van der Waals surface area (Å²) in [5, 5.41) is 3.47. The number of hydrogen-bond acceptors (Lipinski definition) is 2. The van der Waals surface area contributed by atoms with Crippen LogP contribution < -0.4 is 5.32 Å². The van der Waals surface area contributed by atoms with Crippen LogP contribution in [0.1, 0.15) is 25.7 Å². The molecule has 2 heteroatoms. The summed E-state index contributed by atoms with van der Waals surface area (Å²) in [7, 11) is 0. The Morgan fingerprint density at radius 2 is 2.45 bits per heavy atom. The molecular formula is C9H15NO. The first kappa shape index (κ1) is 7.17. The summed E-state index contributed by atoms with van der Waals surface area (Å²) < 4.78 is 5.49. The van der Waals surface area contributed by atoms with Crippen molar-refractivity contribution in [3.8, 4) is 0 Å². The van der Waals surface area contributed by atoms with E-state index in [9.17, 15) is 0 Å². The van der Waals surface area contributed by atoms with Gasteiger partial charge in [0.2, 0.25) is 0 Å². The second-order valence-electron chi connectivity index (χ2n) is 3.25. The van der Waals surface area contributed by atoms with Gasteiger partial charge in [-0.05, 0) is 25.5 Å². The van der Waals surface area contributed by atoms with Crippen molar-refractivity contribution in [3.63, 3.8) is 0 Å². The van der Waals surface area contributed by atoms with Gasteiger partial charge in [0, 0.05) is 6.42 Å². The van der Waals surface area contributed by atoms with Crippen LogP contribution in [0.2, 0.25) is 0 Å². The van der Waals surface area contributed by atoms with Gasteiger partial charge >= 0.3 is 0 Å². The maximum absolute atomic E-state index is 5.49. The van der Waals surface area contributed by atoms with Gasteiger partial charge in [0.1, 0.15) is 5.76 Å². The van der Waals surface area contributed by atoms with Crippen LogP contribution in [0.25, 0.3) is 0 Å². The maximum Gasteiger partial charge on any atom is 0.109 e. The Kier molecular flexibility index (Phi) is 2.13. The van der Waals surface area contributed by atoms with E-state index < -0.39 is 0 Å². The zero-order chi connectivity index (χ0) is 7.52. The first-order valence-corrected chi connectivity index (χ1v) is 4.53. The molecule has 0 aromatic heterocycles. The molecule has 0 aromatic carbocycles. The van der Waals surface area contributed by atoms with Crippen LogP contribution in [0.15, 0.2) is 11.8 Å². The predicted octanol–water partition coefficient (Wildman–Crippen LogP) is 1.43. The summed E-state index contributed by atoms with van der Waals surface area (Å²) in [5.74, 6) is 1.20. The number of hydrogen-bond donors (Lipinski definition) is 1. The Morgan fingerprint density at radius 3 is 3.09 bits per heavy atom. The van der Waals surface area contributed by atoms with E-state index in [1.165, 1.54) is 25.0 Å². The molecular weight excluding hydrogens is 138 g/mol. The molecule has 0 spiro atoms. The van der Waals surface area contributed by atoms with Crippen molar-refractivity contribution in [1.29, 1.82) is 0 Å². The molecule has 1 unspecified atom stereocenters. The van der Waals surface area contributed by atoms with Gasteiger partial charge in [-0.2, -0.15) is 0 Å². The minimum absolute atomic E-state index is 0.534. The van der Waals surface area contributed by atoms with Crippen molar-refractivity contribution in [2.45, 2.75) is 31.7 Å². The third-order valence-electron chi connectivity index (χ3n) is 2.39. The lowest BCUT2D eigenvalue weighted by molar-refractivity contribution is 0.204. The smallest absolute Gasteiger partial charge is 0.109 e. The van der Waals surface area contributed by atoms with Crippen molar-refractivity contribution >= 4 is 0 Å².